The van der Waals surface area contributed by atoms with Gasteiger partial charge in [-0.2, -0.15) is 0 Å². The van der Waals surface area contributed by atoms with Gasteiger partial charge in [0.2, 0.25) is 0 Å². The second kappa shape index (κ2) is 2.41. The summed E-state index contributed by atoms with van der Waals surface area (Å²) < 4.78 is 12.8. The Bertz CT molecular complexity index is 228. The van der Waals surface area contributed by atoms with Crippen LogP contribution in [0.15, 0.2) is 12.1 Å². The third kappa shape index (κ3) is 1.18. The molecule has 0 fully saturated rings. The predicted octanol–water partition coefficient (Wildman–Crippen LogP) is 2.62. The third-order valence-corrected chi connectivity index (χ3v) is 1.56. The van der Waals surface area contributed by atoms with Crippen molar-refractivity contribution in [3.63, 3.8) is 0 Å². The van der Waals surface area contributed by atoms with Crippen molar-refractivity contribution in [1.29, 1.82) is 0 Å². The van der Waals surface area contributed by atoms with Crippen LogP contribution < -0.4 is 0 Å². The van der Waals surface area contributed by atoms with E-state index in [2.05, 4.69) is 6.92 Å². The molecule has 10 heavy (non-hydrogen) atoms. The molecule has 0 unspecified atom stereocenters. The summed E-state index contributed by atoms with van der Waals surface area (Å²) in [7, 11) is 0. The lowest BCUT2D eigenvalue weighted by molar-refractivity contribution is 0.620. The maximum Gasteiger partial charge on any atom is 0.126 e. The van der Waals surface area contributed by atoms with E-state index in [9.17, 15) is 4.39 Å². The molecule has 53 valence electrons. The highest BCUT2D eigenvalue weighted by Crippen LogP contribution is 2.13. The van der Waals surface area contributed by atoms with E-state index in [1.165, 1.54) is 6.07 Å². The first-order valence-electron chi connectivity index (χ1n) is 3.20. The summed E-state index contributed by atoms with van der Waals surface area (Å²) in [5, 5.41) is 0. The highest BCUT2D eigenvalue weighted by Gasteiger charge is 1.99. The number of hydrogen-bond donors (Lipinski definition) is 0. The van der Waals surface area contributed by atoms with Gasteiger partial charge in [-0.05, 0) is 43.5 Å². The van der Waals surface area contributed by atoms with Crippen molar-refractivity contribution in [3.05, 3.63) is 41.6 Å². The second-order valence-electron chi connectivity index (χ2n) is 2.54. The lowest BCUT2D eigenvalue weighted by Gasteiger charge is -2.01. The van der Waals surface area contributed by atoms with Crippen molar-refractivity contribution < 1.29 is 4.39 Å². The van der Waals surface area contributed by atoms with Gasteiger partial charge in [0.15, 0.2) is 0 Å². The molecular formula is C9H10F. The maximum atomic E-state index is 12.8. The molecule has 0 aliphatic rings. The number of aryl methyl sites for hydroxylation is 2. The smallest absolute Gasteiger partial charge is 0.126 e. The molecule has 0 atom stereocenters. The number of hydrogen-bond acceptors (Lipinski definition) is 0. The van der Waals surface area contributed by atoms with Crippen LogP contribution in [0.5, 0.6) is 0 Å². The monoisotopic (exact) mass is 137 g/mol. The first-order chi connectivity index (χ1) is 4.61. The van der Waals surface area contributed by atoms with Gasteiger partial charge in [-0.25, -0.2) is 4.39 Å². The van der Waals surface area contributed by atoms with Crippen LogP contribution in [-0.2, 0) is 0 Å². The molecule has 0 aliphatic heterocycles. The Morgan fingerprint density at radius 3 is 2.40 bits per heavy atom. The molecule has 0 spiro atoms. The fraction of sp³-hybridized carbons (Fsp3) is 0.222. The normalized spacial score (nSPS) is 10.0. The lowest BCUT2D eigenvalue weighted by atomic mass is 10.1. The molecule has 0 saturated carbocycles. The first-order valence-corrected chi connectivity index (χ1v) is 3.20. The molecule has 0 heterocycles. The molecule has 1 aromatic carbocycles. The molecule has 0 aliphatic carbocycles. The number of benzene rings is 1. The van der Waals surface area contributed by atoms with Gasteiger partial charge >= 0.3 is 0 Å². The maximum absolute atomic E-state index is 12.8. The van der Waals surface area contributed by atoms with Crippen LogP contribution in [0.25, 0.3) is 0 Å². The number of halogens is 1. The van der Waals surface area contributed by atoms with Crippen LogP contribution in [0.4, 0.5) is 4.39 Å². The Labute approximate surface area is 60.7 Å². The molecule has 0 nitrogen and oxygen atoms in total. The highest BCUT2D eigenvalue weighted by molar-refractivity contribution is 5.33. The van der Waals surface area contributed by atoms with E-state index < -0.39 is 0 Å². The summed E-state index contributed by atoms with van der Waals surface area (Å²) in [5.74, 6) is -0.211. The molecule has 0 N–H and O–H groups in total. The average molecular weight is 137 g/mol. The van der Waals surface area contributed by atoms with Gasteiger partial charge in [0.05, 0.1) is 0 Å². The van der Waals surface area contributed by atoms with E-state index in [1.54, 1.807) is 0 Å². The minimum atomic E-state index is -0.211. The van der Waals surface area contributed by atoms with Crippen molar-refractivity contribution in [2.75, 3.05) is 0 Å². The predicted molar refractivity (Wildman–Crippen MR) is 40.3 cm³/mol. The summed E-state index contributed by atoms with van der Waals surface area (Å²) in [6.45, 7) is 7.32. The highest BCUT2D eigenvalue weighted by atomic mass is 19.1. The standard InChI is InChI=1S/C9H10F/c1-6-4-7(2)8(3)9(10)5-6/h4-5H,3H2,1-2H3. The Hall–Kier alpha value is -0.850. The summed E-state index contributed by atoms with van der Waals surface area (Å²) in [6.07, 6.45) is 0. The van der Waals surface area contributed by atoms with Crippen LogP contribution in [0.1, 0.15) is 16.7 Å². The van der Waals surface area contributed by atoms with Gasteiger partial charge in [0.1, 0.15) is 5.82 Å². The van der Waals surface area contributed by atoms with Gasteiger partial charge in [0, 0.05) is 0 Å². The fourth-order valence-corrected chi connectivity index (χ4v) is 0.946. The third-order valence-electron chi connectivity index (χ3n) is 1.56. The van der Waals surface area contributed by atoms with Crippen LogP contribution in [0.2, 0.25) is 0 Å². The van der Waals surface area contributed by atoms with E-state index >= 15 is 0 Å². The van der Waals surface area contributed by atoms with Crippen LogP contribution in [0.3, 0.4) is 0 Å². The second-order valence-corrected chi connectivity index (χ2v) is 2.54. The minimum absolute atomic E-state index is 0.211. The van der Waals surface area contributed by atoms with E-state index in [-0.39, 0.29) is 5.82 Å². The zero-order valence-electron chi connectivity index (χ0n) is 6.24. The summed E-state index contributed by atoms with van der Waals surface area (Å²) in [6, 6.07) is 3.42. The van der Waals surface area contributed by atoms with E-state index in [1.807, 2.05) is 19.9 Å². The van der Waals surface area contributed by atoms with Crippen LogP contribution in [-0.4, -0.2) is 0 Å². The quantitative estimate of drug-likeness (QED) is 0.515. The van der Waals surface area contributed by atoms with Crippen molar-refractivity contribution in [3.8, 4) is 0 Å². The molecule has 1 radical (unpaired) electrons. The van der Waals surface area contributed by atoms with Crippen LogP contribution in [0, 0.1) is 26.6 Å². The largest absolute Gasteiger partial charge is 0.207 e. The SMILES string of the molecule is [CH2]c1c(C)cc(C)cc1F. The summed E-state index contributed by atoms with van der Waals surface area (Å²) in [4.78, 5) is 0. The van der Waals surface area contributed by atoms with Crippen molar-refractivity contribution in [1.82, 2.24) is 0 Å². The topological polar surface area (TPSA) is 0 Å². The van der Waals surface area contributed by atoms with Gasteiger partial charge in [0.25, 0.3) is 0 Å². The molecule has 0 bridgehead atoms. The Kier molecular flexibility index (Phi) is 1.75. The van der Waals surface area contributed by atoms with Crippen molar-refractivity contribution in [2.45, 2.75) is 13.8 Å². The Morgan fingerprint density at radius 2 is 1.90 bits per heavy atom. The first kappa shape index (κ1) is 7.26. The van der Waals surface area contributed by atoms with Crippen LogP contribution >= 0.6 is 0 Å². The Balaban J connectivity index is 3.31. The van der Waals surface area contributed by atoms with E-state index in [0.29, 0.717) is 5.56 Å². The molecular weight excluding hydrogens is 127 g/mol. The minimum Gasteiger partial charge on any atom is -0.207 e. The zero-order chi connectivity index (χ0) is 7.72. The molecule has 1 rings (SSSR count). The van der Waals surface area contributed by atoms with Crippen molar-refractivity contribution >= 4 is 0 Å². The molecule has 0 aromatic heterocycles. The van der Waals surface area contributed by atoms with E-state index in [4.69, 9.17) is 0 Å². The van der Waals surface area contributed by atoms with Gasteiger partial charge in [-0.3, -0.25) is 0 Å². The average Bonchev–Trinajstić information content (AvgIpc) is 1.82. The molecule has 0 amide bonds. The molecule has 0 saturated heterocycles. The molecule has 1 aromatic rings. The zero-order valence-corrected chi connectivity index (χ0v) is 6.24. The summed E-state index contributed by atoms with van der Waals surface area (Å²) in [5.41, 5.74) is 2.37. The van der Waals surface area contributed by atoms with E-state index in [0.717, 1.165) is 11.1 Å². The summed E-state index contributed by atoms with van der Waals surface area (Å²) >= 11 is 0. The van der Waals surface area contributed by atoms with Gasteiger partial charge < -0.3 is 0 Å². The van der Waals surface area contributed by atoms with Crippen molar-refractivity contribution in [2.24, 2.45) is 0 Å². The fourth-order valence-electron chi connectivity index (χ4n) is 0.946. The van der Waals surface area contributed by atoms with Gasteiger partial charge in [-0.1, -0.05) is 6.07 Å². The molecule has 1 heteroatoms. The lowest BCUT2D eigenvalue weighted by Crippen LogP contribution is -1.87. The van der Waals surface area contributed by atoms with Gasteiger partial charge in [-0.15, -0.1) is 0 Å². The Morgan fingerprint density at radius 1 is 1.30 bits per heavy atom. The number of rotatable bonds is 0.